The van der Waals surface area contributed by atoms with Gasteiger partial charge < -0.3 is 40.2 Å². The third-order valence-electron chi connectivity index (χ3n) is 13.4. The van der Waals surface area contributed by atoms with Gasteiger partial charge in [-0.15, -0.1) is 0 Å². The number of halogens is 4. The van der Waals surface area contributed by atoms with Gasteiger partial charge in [0.2, 0.25) is 11.9 Å². The van der Waals surface area contributed by atoms with Crippen LogP contribution in [0.4, 0.5) is 27.2 Å². The van der Waals surface area contributed by atoms with Crippen molar-refractivity contribution < 1.29 is 56.1 Å². The largest absolute Gasteiger partial charge is 0.453 e. The third kappa shape index (κ3) is 15.2. The standard InChI is InChI=1S/C53H69F4N11O8/c1-31(24-59-49(58-8)65-25-35-17-18-36(26-65)68(35)37-29-76-30-37)11-12-32-13-15-33(16-14-32)21-42(60-46(70)44(52(2,3)4)61-50(72)74-9)43(69)28-66(64-47(71)45(53(5,6)7)62-51(73)75-10)27-38-39(54)22-34(23-40(38)55)41-19-20-67(63-41)48(56)57/h13-16,19-20,22-24,35-37,42-45,48,69H,8,17-18,21,25-30H2,1-7,9-10H3,(H,60,70)(H,61,72)(H,62,73)(H,64,71)/b31-24+,59-49+/t35?,36?,42-,43-,44+,45+/m0/s1. The summed E-state index contributed by atoms with van der Waals surface area (Å²) in [6, 6.07) is 7.54. The molecule has 3 aliphatic heterocycles. The lowest BCUT2D eigenvalue weighted by Crippen LogP contribution is -2.62. The van der Waals surface area contributed by atoms with E-state index in [9.17, 15) is 33.1 Å². The van der Waals surface area contributed by atoms with E-state index in [1.807, 2.05) is 6.92 Å². The van der Waals surface area contributed by atoms with E-state index in [2.05, 4.69) is 64.8 Å². The molecular weight excluding hydrogens is 995 g/mol. The van der Waals surface area contributed by atoms with Gasteiger partial charge in [0.25, 0.3) is 5.91 Å². The first-order valence-electron chi connectivity index (χ1n) is 24.9. The maximum absolute atomic E-state index is 16.0. The van der Waals surface area contributed by atoms with Gasteiger partial charge in [0.05, 0.1) is 51.3 Å². The smallest absolute Gasteiger partial charge is 0.407 e. The molecule has 3 saturated heterocycles. The van der Waals surface area contributed by atoms with Crippen molar-refractivity contribution in [3.05, 3.63) is 88.8 Å². The van der Waals surface area contributed by atoms with E-state index >= 15 is 8.78 Å². The van der Waals surface area contributed by atoms with Gasteiger partial charge in [-0.3, -0.25) is 19.9 Å². The highest BCUT2D eigenvalue weighted by atomic mass is 19.3. The molecule has 23 heteroatoms. The van der Waals surface area contributed by atoms with E-state index in [0.29, 0.717) is 45.5 Å². The number of likely N-dealkylation sites (tertiary alicyclic amines) is 1. The number of nitrogens with zero attached hydrogens (tertiary/aromatic N) is 7. The molecule has 4 amide bonds. The number of hydrazine groups is 1. The van der Waals surface area contributed by atoms with Gasteiger partial charge in [-0.2, -0.15) is 13.9 Å². The van der Waals surface area contributed by atoms with Gasteiger partial charge in [-0.1, -0.05) is 65.5 Å². The van der Waals surface area contributed by atoms with Crippen molar-refractivity contribution in [2.75, 3.05) is 47.1 Å². The fourth-order valence-corrected chi connectivity index (χ4v) is 9.32. The number of amides is 4. The van der Waals surface area contributed by atoms with Crippen LogP contribution in [0.5, 0.6) is 0 Å². The third-order valence-corrected chi connectivity index (χ3v) is 13.4. The van der Waals surface area contributed by atoms with Crippen LogP contribution in [0.1, 0.15) is 84.5 Å². The van der Waals surface area contributed by atoms with E-state index in [-0.39, 0.29) is 17.7 Å². The van der Waals surface area contributed by atoms with E-state index in [1.54, 1.807) is 72.0 Å². The zero-order chi connectivity index (χ0) is 55.6. The first-order valence-corrected chi connectivity index (χ1v) is 24.9. The van der Waals surface area contributed by atoms with E-state index in [1.165, 1.54) is 0 Å². The minimum atomic E-state index is -3.00. The van der Waals surface area contributed by atoms with Crippen LogP contribution in [0.2, 0.25) is 0 Å². The minimum absolute atomic E-state index is 0.0515. The zero-order valence-corrected chi connectivity index (χ0v) is 44.3. The number of hydrogen-bond acceptors (Lipinski definition) is 12. The van der Waals surface area contributed by atoms with Crippen LogP contribution in [0.25, 0.3) is 11.3 Å². The summed E-state index contributed by atoms with van der Waals surface area (Å²) in [4.78, 5) is 66.8. The maximum atomic E-state index is 16.0. The molecule has 3 aliphatic rings. The molecule has 0 radical (unpaired) electrons. The predicted molar refractivity (Wildman–Crippen MR) is 275 cm³/mol. The lowest BCUT2D eigenvalue weighted by atomic mass is 9.85. The number of alkyl carbamates (subject to hydrolysis) is 2. The van der Waals surface area contributed by atoms with Crippen LogP contribution in [0.3, 0.4) is 0 Å². The fraction of sp³-hybridized carbons (Fsp3) is 0.528. The second kappa shape index (κ2) is 25.3. The topological polar surface area (TPSA) is 217 Å². The lowest BCUT2D eigenvalue weighted by molar-refractivity contribution is -0.132. The fourth-order valence-electron chi connectivity index (χ4n) is 9.32. The summed E-state index contributed by atoms with van der Waals surface area (Å²) in [7, 11) is 2.25. The highest BCUT2D eigenvalue weighted by Gasteiger charge is 2.46. The summed E-state index contributed by atoms with van der Waals surface area (Å²) in [6.45, 7) is 14.5. The van der Waals surface area contributed by atoms with Crippen LogP contribution in [-0.2, 0) is 36.8 Å². The van der Waals surface area contributed by atoms with Gasteiger partial charge in [-0.05, 0) is 79.6 Å². The number of aliphatic hydroxyl groups is 1. The molecule has 412 valence electrons. The summed E-state index contributed by atoms with van der Waals surface area (Å²) >= 11 is 0. The van der Waals surface area contributed by atoms with E-state index in [4.69, 9.17) is 14.2 Å². The summed E-state index contributed by atoms with van der Waals surface area (Å²) in [5.41, 5.74) is 1.76. The summed E-state index contributed by atoms with van der Waals surface area (Å²) in [5, 5.41) is 24.7. The Bertz CT molecular complexity index is 2650. The number of aliphatic imine (C=N–C) groups is 2. The van der Waals surface area contributed by atoms with Gasteiger partial charge in [0.15, 0.2) is 0 Å². The van der Waals surface area contributed by atoms with Crippen molar-refractivity contribution in [1.82, 2.24) is 46.0 Å². The first-order chi connectivity index (χ1) is 35.9. The summed E-state index contributed by atoms with van der Waals surface area (Å²) in [6.07, 6.45) is 1.33. The average Bonchev–Trinajstić information content (AvgIpc) is 3.93. The molecule has 6 rings (SSSR count). The number of guanidine groups is 1. The number of methoxy groups -OCH3 is 2. The molecule has 2 unspecified atom stereocenters. The Morgan fingerprint density at radius 2 is 1.49 bits per heavy atom. The van der Waals surface area contributed by atoms with Crippen molar-refractivity contribution in [2.45, 2.75) is 123 Å². The molecule has 3 fully saturated rings. The molecule has 19 nitrogen and oxygen atoms in total. The van der Waals surface area contributed by atoms with Crippen LogP contribution >= 0.6 is 0 Å². The molecule has 5 N–H and O–H groups in total. The number of piperazine rings is 1. The zero-order valence-electron chi connectivity index (χ0n) is 44.3. The van der Waals surface area contributed by atoms with Crippen molar-refractivity contribution >= 4 is 36.7 Å². The van der Waals surface area contributed by atoms with Gasteiger partial charge >= 0.3 is 18.7 Å². The molecular formula is C53H69F4N11O8. The number of nitrogens with one attached hydrogen (secondary N) is 4. The summed E-state index contributed by atoms with van der Waals surface area (Å²) < 4.78 is 74.0. The number of alkyl halides is 2. The van der Waals surface area contributed by atoms with E-state index < -0.39 is 95.9 Å². The van der Waals surface area contributed by atoms with Crippen LogP contribution < -0.4 is 21.4 Å². The number of benzene rings is 2. The van der Waals surface area contributed by atoms with Crippen molar-refractivity contribution in [3.63, 3.8) is 0 Å². The normalized spacial score (nSPS) is 18.9. The van der Waals surface area contributed by atoms with Crippen molar-refractivity contribution in [1.29, 1.82) is 0 Å². The Morgan fingerprint density at radius 3 is 1.99 bits per heavy atom. The molecule has 1 aromatic heterocycles. The summed E-state index contributed by atoms with van der Waals surface area (Å²) in [5.74, 6) is 2.93. The lowest BCUT2D eigenvalue weighted by Gasteiger charge is -2.47. The molecule has 2 bridgehead atoms. The second-order valence-electron chi connectivity index (χ2n) is 21.3. The number of carbonyl (C=O) groups is 4. The second-order valence-corrected chi connectivity index (χ2v) is 21.3. The molecule has 3 aromatic rings. The number of allylic oxidation sites excluding steroid dienone is 1. The number of ether oxygens (including phenoxy) is 3. The first kappa shape index (κ1) is 58.4. The SMILES string of the molecule is C=N/C(=N\C=C(/C)C#Cc1ccc(C[C@H](NC(=O)[C@@H](NC(=O)OC)C(C)(C)C)[C@@H](O)CN(Cc2c(F)cc(-c3ccn(C(F)F)n3)cc2F)NC(=O)[C@@H](NC(=O)OC)C(C)(C)C)cc1)N1CC2CCC(C1)N2C1COC1. The molecule has 6 atom stereocenters. The van der Waals surface area contributed by atoms with Crippen LogP contribution in [0, 0.1) is 34.3 Å². The average molecular weight is 1060 g/mol. The molecule has 4 heterocycles. The highest BCUT2D eigenvalue weighted by Crippen LogP contribution is 2.34. The van der Waals surface area contributed by atoms with E-state index in [0.717, 1.165) is 82.8 Å². The molecule has 0 saturated carbocycles. The van der Waals surface area contributed by atoms with Gasteiger partial charge in [0, 0.05) is 72.9 Å². The Balaban J connectivity index is 1.26. The van der Waals surface area contributed by atoms with Gasteiger partial charge in [-0.25, -0.2) is 38.0 Å². The Kier molecular flexibility index (Phi) is 19.4. The Hall–Kier alpha value is -6.87. The number of aliphatic hydroxyl groups excluding tert-OH is 1. The number of aromatic nitrogens is 2. The number of rotatable bonds is 17. The van der Waals surface area contributed by atoms with Crippen LogP contribution in [-0.4, -0.2) is 156 Å². The number of fused-ring (bicyclic) bond motifs is 2. The quantitative estimate of drug-likeness (QED) is 0.0370. The number of carbonyl (C=O) groups excluding carboxylic acids is 4. The minimum Gasteiger partial charge on any atom is -0.453 e. The Labute approximate surface area is 440 Å². The Morgan fingerprint density at radius 1 is 0.908 bits per heavy atom. The van der Waals surface area contributed by atoms with Crippen molar-refractivity contribution in [3.8, 4) is 23.1 Å². The molecule has 0 aliphatic carbocycles. The molecule has 0 spiro atoms. The van der Waals surface area contributed by atoms with Crippen LogP contribution in [0.15, 0.2) is 70.4 Å². The molecule has 76 heavy (non-hydrogen) atoms. The number of hydrogen-bond donors (Lipinski definition) is 5. The monoisotopic (exact) mass is 1060 g/mol. The molecule has 2 aromatic carbocycles. The maximum Gasteiger partial charge on any atom is 0.407 e. The highest BCUT2D eigenvalue weighted by molar-refractivity contribution is 5.87. The predicted octanol–water partition coefficient (Wildman–Crippen LogP) is 5.55. The van der Waals surface area contributed by atoms with Crippen molar-refractivity contribution in [2.24, 2.45) is 20.8 Å². The van der Waals surface area contributed by atoms with Gasteiger partial charge in [0.1, 0.15) is 23.7 Å².